The SMILES string of the molecule is COc1c(O)cc(-c2oc3ccc(O)cc3c2OC)cc1O. The van der Waals surface area contributed by atoms with Gasteiger partial charge in [0.15, 0.2) is 23.0 Å². The molecule has 0 atom stereocenters. The van der Waals surface area contributed by atoms with E-state index in [4.69, 9.17) is 13.9 Å². The van der Waals surface area contributed by atoms with E-state index >= 15 is 0 Å². The third-order valence-electron chi connectivity index (χ3n) is 3.35. The molecule has 2 aromatic carbocycles. The number of furan rings is 1. The number of hydrogen-bond acceptors (Lipinski definition) is 6. The highest BCUT2D eigenvalue weighted by Gasteiger charge is 2.20. The van der Waals surface area contributed by atoms with Crippen molar-refractivity contribution in [2.75, 3.05) is 14.2 Å². The molecule has 6 heteroatoms. The highest BCUT2D eigenvalue weighted by atomic mass is 16.5. The predicted octanol–water partition coefficient (Wildman–Crippen LogP) is 3.23. The number of phenolic OH excluding ortho intramolecular Hbond substituents is 3. The Morgan fingerprint density at radius 2 is 1.50 bits per heavy atom. The average Bonchev–Trinajstić information content (AvgIpc) is 2.84. The van der Waals surface area contributed by atoms with Gasteiger partial charge >= 0.3 is 0 Å². The Balaban J connectivity index is 2.26. The number of ether oxygens (including phenoxy) is 2. The highest BCUT2D eigenvalue weighted by Crippen LogP contribution is 2.45. The van der Waals surface area contributed by atoms with Crippen LogP contribution in [0.5, 0.6) is 28.7 Å². The lowest BCUT2D eigenvalue weighted by atomic mass is 10.1. The molecule has 0 spiro atoms. The quantitative estimate of drug-likeness (QED) is 0.688. The summed E-state index contributed by atoms with van der Waals surface area (Å²) in [5.41, 5.74) is 0.933. The molecule has 0 saturated carbocycles. The van der Waals surface area contributed by atoms with Crippen LogP contribution >= 0.6 is 0 Å². The summed E-state index contributed by atoms with van der Waals surface area (Å²) < 4.78 is 16.0. The lowest BCUT2D eigenvalue weighted by Gasteiger charge is -2.08. The minimum atomic E-state index is -0.220. The Kier molecular flexibility index (Phi) is 3.21. The van der Waals surface area contributed by atoms with E-state index in [1.165, 1.54) is 38.5 Å². The molecule has 0 aliphatic heterocycles. The molecule has 0 fully saturated rings. The Morgan fingerprint density at radius 3 is 2.09 bits per heavy atom. The zero-order valence-electron chi connectivity index (χ0n) is 12.0. The van der Waals surface area contributed by atoms with Crippen LogP contribution in [-0.4, -0.2) is 29.5 Å². The zero-order valence-corrected chi connectivity index (χ0v) is 12.0. The molecule has 0 saturated heterocycles. The van der Waals surface area contributed by atoms with Crippen molar-refractivity contribution in [3.63, 3.8) is 0 Å². The molecule has 3 N–H and O–H groups in total. The molecule has 3 aromatic rings. The largest absolute Gasteiger partial charge is 0.508 e. The first-order valence-corrected chi connectivity index (χ1v) is 6.45. The van der Waals surface area contributed by atoms with Crippen molar-refractivity contribution in [2.45, 2.75) is 0 Å². The van der Waals surface area contributed by atoms with Crippen LogP contribution in [0, 0.1) is 0 Å². The Hall–Kier alpha value is -3.02. The molecule has 114 valence electrons. The van der Waals surface area contributed by atoms with Crippen LogP contribution in [-0.2, 0) is 0 Å². The van der Waals surface area contributed by atoms with E-state index in [-0.39, 0.29) is 23.0 Å². The van der Waals surface area contributed by atoms with E-state index in [1.807, 2.05) is 0 Å². The molecule has 1 heterocycles. The van der Waals surface area contributed by atoms with Crippen LogP contribution in [0.25, 0.3) is 22.3 Å². The number of benzene rings is 2. The molecule has 0 bridgehead atoms. The molecule has 0 aliphatic rings. The predicted molar refractivity (Wildman–Crippen MR) is 79.7 cm³/mol. The maximum atomic E-state index is 9.91. The molecule has 3 rings (SSSR count). The lowest BCUT2D eigenvalue weighted by Crippen LogP contribution is -1.87. The van der Waals surface area contributed by atoms with Crippen molar-refractivity contribution in [2.24, 2.45) is 0 Å². The van der Waals surface area contributed by atoms with Crippen LogP contribution in [0.1, 0.15) is 0 Å². The van der Waals surface area contributed by atoms with Crippen molar-refractivity contribution in [3.05, 3.63) is 30.3 Å². The van der Waals surface area contributed by atoms with Crippen LogP contribution < -0.4 is 9.47 Å². The van der Waals surface area contributed by atoms with E-state index in [9.17, 15) is 15.3 Å². The van der Waals surface area contributed by atoms with Gasteiger partial charge in [0.1, 0.15) is 11.3 Å². The minimum absolute atomic E-state index is 0.0172. The number of methoxy groups -OCH3 is 2. The summed E-state index contributed by atoms with van der Waals surface area (Å²) in [5.74, 6) is 0.354. The minimum Gasteiger partial charge on any atom is -0.508 e. The van der Waals surface area contributed by atoms with Crippen LogP contribution in [0.2, 0.25) is 0 Å². The first-order valence-electron chi connectivity index (χ1n) is 6.45. The van der Waals surface area contributed by atoms with Crippen LogP contribution in [0.4, 0.5) is 0 Å². The maximum absolute atomic E-state index is 9.91. The van der Waals surface area contributed by atoms with E-state index in [0.717, 1.165) is 0 Å². The van der Waals surface area contributed by atoms with Gasteiger partial charge in [0.2, 0.25) is 5.75 Å². The Bertz CT molecular complexity index is 826. The van der Waals surface area contributed by atoms with Crippen LogP contribution in [0.3, 0.4) is 0 Å². The van der Waals surface area contributed by atoms with E-state index in [1.54, 1.807) is 6.07 Å². The van der Waals surface area contributed by atoms with Crippen molar-refractivity contribution < 1.29 is 29.2 Å². The summed E-state index contributed by atoms with van der Waals surface area (Å²) in [7, 11) is 2.82. The first-order chi connectivity index (χ1) is 10.5. The second-order valence-corrected chi connectivity index (χ2v) is 4.69. The third-order valence-corrected chi connectivity index (χ3v) is 3.35. The number of fused-ring (bicyclic) bond motifs is 1. The standard InChI is InChI=1S/C16H14O6/c1-20-15-10-7-9(17)3-4-13(10)22-14(15)8-5-11(18)16(21-2)12(19)6-8/h3-7,17-19H,1-2H3. The number of hydrogen-bond donors (Lipinski definition) is 3. The van der Waals surface area contributed by atoms with Gasteiger partial charge in [0.25, 0.3) is 0 Å². The molecule has 0 amide bonds. The van der Waals surface area contributed by atoms with Gasteiger partial charge in [-0.05, 0) is 30.3 Å². The summed E-state index contributed by atoms with van der Waals surface area (Å²) >= 11 is 0. The number of phenols is 3. The fraction of sp³-hybridized carbons (Fsp3) is 0.125. The molecular formula is C16H14O6. The van der Waals surface area contributed by atoms with Gasteiger partial charge in [-0.2, -0.15) is 0 Å². The second kappa shape index (κ2) is 5.07. The second-order valence-electron chi connectivity index (χ2n) is 4.69. The van der Waals surface area contributed by atoms with Gasteiger partial charge in [-0.1, -0.05) is 0 Å². The van der Waals surface area contributed by atoms with Gasteiger partial charge in [-0.25, -0.2) is 0 Å². The van der Waals surface area contributed by atoms with Crippen molar-refractivity contribution in [3.8, 4) is 40.1 Å². The fourth-order valence-corrected chi connectivity index (χ4v) is 2.39. The molecule has 1 aromatic heterocycles. The number of rotatable bonds is 3. The monoisotopic (exact) mass is 302 g/mol. The van der Waals surface area contributed by atoms with Gasteiger partial charge in [-0.3, -0.25) is 0 Å². The fourth-order valence-electron chi connectivity index (χ4n) is 2.39. The Labute approximate surface area is 125 Å². The summed E-state index contributed by atoms with van der Waals surface area (Å²) in [6.45, 7) is 0. The van der Waals surface area contributed by atoms with Gasteiger partial charge < -0.3 is 29.2 Å². The maximum Gasteiger partial charge on any atom is 0.202 e. The first kappa shape index (κ1) is 13.9. The summed E-state index contributed by atoms with van der Waals surface area (Å²) in [4.78, 5) is 0. The summed E-state index contributed by atoms with van der Waals surface area (Å²) in [6.07, 6.45) is 0. The van der Waals surface area contributed by atoms with Gasteiger partial charge in [0.05, 0.1) is 19.6 Å². The lowest BCUT2D eigenvalue weighted by molar-refractivity contribution is 0.344. The van der Waals surface area contributed by atoms with E-state index in [2.05, 4.69) is 0 Å². The summed E-state index contributed by atoms with van der Waals surface area (Å²) in [5, 5.41) is 30.0. The third kappa shape index (κ3) is 2.05. The van der Waals surface area contributed by atoms with E-state index < -0.39 is 0 Å². The molecule has 22 heavy (non-hydrogen) atoms. The van der Waals surface area contributed by atoms with Gasteiger partial charge in [-0.15, -0.1) is 0 Å². The normalized spacial score (nSPS) is 10.8. The molecule has 0 unspecified atom stereocenters. The number of aromatic hydroxyl groups is 3. The molecular weight excluding hydrogens is 288 g/mol. The smallest absolute Gasteiger partial charge is 0.202 e. The van der Waals surface area contributed by atoms with Crippen molar-refractivity contribution >= 4 is 11.0 Å². The zero-order chi connectivity index (χ0) is 15.9. The molecule has 0 aliphatic carbocycles. The molecule has 0 radical (unpaired) electrons. The van der Waals surface area contributed by atoms with E-state index in [0.29, 0.717) is 28.0 Å². The highest BCUT2D eigenvalue weighted by molar-refractivity contribution is 5.93. The van der Waals surface area contributed by atoms with Crippen molar-refractivity contribution in [1.29, 1.82) is 0 Å². The Morgan fingerprint density at radius 1 is 0.864 bits per heavy atom. The van der Waals surface area contributed by atoms with Crippen molar-refractivity contribution in [1.82, 2.24) is 0 Å². The topological polar surface area (TPSA) is 92.3 Å². The van der Waals surface area contributed by atoms with Gasteiger partial charge in [0, 0.05) is 5.56 Å². The average molecular weight is 302 g/mol. The summed E-state index contributed by atoms with van der Waals surface area (Å²) in [6, 6.07) is 7.43. The van der Waals surface area contributed by atoms with Crippen LogP contribution in [0.15, 0.2) is 34.7 Å². The molecule has 6 nitrogen and oxygen atoms in total.